The van der Waals surface area contributed by atoms with E-state index in [1.165, 1.54) is 12.1 Å². The van der Waals surface area contributed by atoms with E-state index in [1.54, 1.807) is 59.9 Å². The Bertz CT molecular complexity index is 1450. The predicted molar refractivity (Wildman–Crippen MR) is 125 cm³/mol. The molecule has 1 N–H and O–H groups in total. The van der Waals surface area contributed by atoms with E-state index in [0.29, 0.717) is 39.4 Å². The number of benzene rings is 1. The van der Waals surface area contributed by atoms with Gasteiger partial charge < -0.3 is 14.3 Å². The lowest BCUT2D eigenvalue weighted by Gasteiger charge is -2.20. The van der Waals surface area contributed by atoms with Crippen LogP contribution in [0.15, 0.2) is 71.7 Å². The van der Waals surface area contributed by atoms with Gasteiger partial charge in [-0.15, -0.1) is 0 Å². The zero-order valence-electron chi connectivity index (χ0n) is 18.9. The van der Waals surface area contributed by atoms with Crippen LogP contribution in [0.5, 0.6) is 0 Å². The summed E-state index contributed by atoms with van der Waals surface area (Å²) in [6.07, 6.45) is 6.66. The Morgan fingerprint density at radius 1 is 1.18 bits per heavy atom. The van der Waals surface area contributed by atoms with Gasteiger partial charge in [0.25, 0.3) is 5.91 Å². The number of rotatable bonds is 6. The average Bonchev–Trinajstić information content (AvgIpc) is 3.58. The van der Waals surface area contributed by atoms with Crippen LogP contribution in [0.2, 0.25) is 0 Å². The molecule has 0 aliphatic carbocycles. The minimum atomic E-state index is -0.594. The Morgan fingerprint density at radius 3 is 2.62 bits per heavy atom. The third-order valence-corrected chi connectivity index (χ3v) is 5.67. The number of carbonyl (C=O) groups excluding carboxylic acids is 1. The van der Waals surface area contributed by atoms with Crippen molar-refractivity contribution >= 4 is 16.9 Å². The lowest BCUT2D eigenvalue weighted by atomic mass is 10.0. The number of aromatic nitrogens is 5. The Hall–Kier alpha value is -4.27. The quantitative estimate of drug-likeness (QED) is 0.400. The number of hydrogen-bond acceptors (Lipinski definition) is 5. The number of furan rings is 1. The lowest BCUT2D eigenvalue weighted by Crippen LogP contribution is -2.31. The van der Waals surface area contributed by atoms with Crippen molar-refractivity contribution < 1.29 is 13.6 Å². The van der Waals surface area contributed by atoms with Gasteiger partial charge in [0, 0.05) is 25.5 Å². The molecule has 8 nitrogen and oxygen atoms in total. The van der Waals surface area contributed by atoms with E-state index < -0.39 is 6.04 Å². The number of nitrogens with zero attached hydrogens (tertiary/aromatic N) is 5. The number of imidazole rings is 1. The molecule has 4 aromatic heterocycles. The molecule has 4 heterocycles. The second-order valence-corrected chi connectivity index (χ2v) is 8.31. The first-order valence-electron chi connectivity index (χ1n) is 10.9. The molecule has 0 radical (unpaired) electrons. The van der Waals surface area contributed by atoms with Crippen molar-refractivity contribution in [3.63, 3.8) is 0 Å². The Balaban J connectivity index is 1.61. The first-order valence-corrected chi connectivity index (χ1v) is 10.9. The average molecular weight is 458 g/mol. The van der Waals surface area contributed by atoms with Crippen LogP contribution in [0.25, 0.3) is 22.5 Å². The number of hydrogen-bond donors (Lipinski definition) is 1. The monoisotopic (exact) mass is 458 g/mol. The number of halogens is 1. The van der Waals surface area contributed by atoms with E-state index in [2.05, 4.69) is 15.4 Å². The highest BCUT2D eigenvalue weighted by atomic mass is 19.1. The van der Waals surface area contributed by atoms with Crippen LogP contribution in [0, 0.1) is 5.82 Å². The summed E-state index contributed by atoms with van der Waals surface area (Å²) in [4.78, 5) is 22.8. The second kappa shape index (κ2) is 8.58. The third-order valence-electron chi connectivity index (χ3n) is 5.67. The fourth-order valence-corrected chi connectivity index (χ4v) is 3.95. The maximum absolute atomic E-state index is 13.7. The van der Waals surface area contributed by atoms with E-state index in [-0.39, 0.29) is 17.8 Å². The number of aryl methyl sites for hydroxylation is 1. The zero-order chi connectivity index (χ0) is 23.8. The normalized spacial score (nSPS) is 12.4. The maximum atomic E-state index is 13.7. The van der Waals surface area contributed by atoms with Gasteiger partial charge in [0.2, 0.25) is 0 Å². The van der Waals surface area contributed by atoms with Crippen LogP contribution in [0.1, 0.15) is 47.7 Å². The number of carbonyl (C=O) groups is 1. The molecule has 1 amide bonds. The van der Waals surface area contributed by atoms with Crippen molar-refractivity contribution in [2.75, 3.05) is 0 Å². The van der Waals surface area contributed by atoms with Gasteiger partial charge in [0.1, 0.15) is 23.4 Å². The Morgan fingerprint density at radius 2 is 1.97 bits per heavy atom. The third kappa shape index (κ3) is 3.85. The highest BCUT2D eigenvalue weighted by Crippen LogP contribution is 2.28. The molecule has 1 aromatic carbocycles. The van der Waals surface area contributed by atoms with Gasteiger partial charge in [-0.25, -0.2) is 19.0 Å². The predicted octanol–water partition coefficient (Wildman–Crippen LogP) is 4.66. The van der Waals surface area contributed by atoms with Crippen molar-refractivity contribution in [3.8, 4) is 11.5 Å². The van der Waals surface area contributed by atoms with E-state index in [9.17, 15) is 9.18 Å². The summed E-state index contributed by atoms with van der Waals surface area (Å²) in [6.45, 7) is 4.00. The van der Waals surface area contributed by atoms with Gasteiger partial charge >= 0.3 is 0 Å². The Labute approximate surface area is 195 Å². The fourth-order valence-electron chi connectivity index (χ4n) is 3.95. The maximum Gasteiger partial charge on any atom is 0.253 e. The summed E-state index contributed by atoms with van der Waals surface area (Å²) in [6, 6.07) is 10.7. The molecule has 5 rings (SSSR count). The summed E-state index contributed by atoms with van der Waals surface area (Å²) in [7, 11) is 1.84. The zero-order valence-corrected chi connectivity index (χ0v) is 18.9. The number of nitrogens with one attached hydrogen (secondary N) is 1. The molecule has 1 unspecified atom stereocenters. The molecule has 5 aromatic rings. The van der Waals surface area contributed by atoms with Crippen LogP contribution in [-0.2, 0) is 7.05 Å². The van der Waals surface area contributed by atoms with Gasteiger partial charge in [-0.05, 0) is 49.7 Å². The molecule has 172 valence electrons. The van der Waals surface area contributed by atoms with Crippen LogP contribution >= 0.6 is 0 Å². The first kappa shape index (κ1) is 21.6. The molecular weight excluding hydrogens is 435 g/mol. The molecule has 9 heteroatoms. The molecule has 0 aliphatic heterocycles. The summed E-state index contributed by atoms with van der Waals surface area (Å²) in [5.74, 6) is 0.482. The summed E-state index contributed by atoms with van der Waals surface area (Å²) in [5.41, 5.74) is 2.23. The largest absolute Gasteiger partial charge is 0.463 e. The highest BCUT2D eigenvalue weighted by molar-refractivity contribution is 6.06. The molecule has 0 spiro atoms. The van der Waals surface area contributed by atoms with E-state index in [4.69, 9.17) is 9.40 Å². The molecule has 0 saturated carbocycles. The Kier molecular flexibility index (Phi) is 5.45. The summed E-state index contributed by atoms with van der Waals surface area (Å²) >= 11 is 0. The minimum absolute atomic E-state index is 0.0484. The van der Waals surface area contributed by atoms with Crippen molar-refractivity contribution in [1.29, 1.82) is 0 Å². The molecule has 0 fully saturated rings. The van der Waals surface area contributed by atoms with Crippen molar-refractivity contribution in [1.82, 2.24) is 29.6 Å². The van der Waals surface area contributed by atoms with Crippen molar-refractivity contribution in [3.05, 3.63) is 90.1 Å². The number of pyridine rings is 1. The molecule has 34 heavy (non-hydrogen) atoms. The van der Waals surface area contributed by atoms with Gasteiger partial charge in [-0.1, -0.05) is 12.1 Å². The second-order valence-electron chi connectivity index (χ2n) is 8.31. The fraction of sp³-hybridized carbons (Fsp3) is 0.200. The highest BCUT2D eigenvalue weighted by Gasteiger charge is 2.25. The van der Waals surface area contributed by atoms with E-state index in [0.717, 1.165) is 0 Å². The minimum Gasteiger partial charge on any atom is -0.463 e. The topological polar surface area (TPSA) is 90.8 Å². The first-order chi connectivity index (χ1) is 16.4. The van der Waals surface area contributed by atoms with Crippen LogP contribution in [0.3, 0.4) is 0 Å². The smallest absolute Gasteiger partial charge is 0.253 e. The standard InChI is InChI=1S/C25H23FN6O2/c1-15(2)32-23-19(14-28-32)18(13-20(29-23)21-5-4-12-34-21)25(33)30-22(24-27-10-11-31(24)3)16-6-8-17(26)9-7-16/h4-15,22H,1-3H3,(H,30,33). The van der Waals surface area contributed by atoms with Crippen molar-refractivity contribution in [2.45, 2.75) is 25.9 Å². The molecule has 0 saturated heterocycles. The number of fused-ring (bicyclic) bond motifs is 1. The van der Waals surface area contributed by atoms with Gasteiger partial charge in [0.05, 0.1) is 23.4 Å². The summed E-state index contributed by atoms with van der Waals surface area (Å²) in [5, 5.41) is 8.16. The van der Waals surface area contributed by atoms with E-state index >= 15 is 0 Å². The van der Waals surface area contributed by atoms with Crippen molar-refractivity contribution in [2.24, 2.45) is 7.05 Å². The van der Waals surface area contributed by atoms with E-state index in [1.807, 2.05) is 25.5 Å². The molecule has 1 atom stereocenters. The van der Waals surface area contributed by atoms with Gasteiger partial charge in [-0.2, -0.15) is 5.10 Å². The SMILES string of the molecule is CC(C)n1ncc2c(C(=O)NC(c3ccc(F)cc3)c3nccn3C)cc(-c3ccco3)nc21. The number of amides is 1. The van der Waals surface area contributed by atoms with Gasteiger partial charge in [-0.3, -0.25) is 4.79 Å². The van der Waals surface area contributed by atoms with Crippen LogP contribution in [-0.4, -0.2) is 30.2 Å². The molecule has 0 bridgehead atoms. The summed E-state index contributed by atoms with van der Waals surface area (Å²) < 4.78 is 22.7. The molecule has 0 aliphatic rings. The van der Waals surface area contributed by atoms with Gasteiger partial charge in [0.15, 0.2) is 11.4 Å². The van der Waals surface area contributed by atoms with Crippen LogP contribution in [0.4, 0.5) is 4.39 Å². The molecular formula is C25H23FN6O2. The van der Waals surface area contributed by atoms with Crippen LogP contribution < -0.4 is 5.32 Å². The lowest BCUT2D eigenvalue weighted by molar-refractivity contribution is 0.0942.